The molecule has 93 valence electrons. The maximum absolute atomic E-state index is 11.5. The quantitative estimate of drug-likeness (QED) is 0.511. The summed E-state index contributed by atoms with van der Waals surface area (Å²) in [6.07, 6.45) is 5.79. The molecule has 0 aromatic heterocycles. The molecule has 3 amide bonds. The Kier molecular flexibility index (Phi) is 8.58. The monoisotopic (exact) mass is 227 g/mol. The predicted octanol–water partition coefficient (Wildman–Crippen LogP) is 2.30. The summed E-state index contributed by atoms with van der Waals surface area (Å²) in [6, 6.07) is -0.327. The number of unbranched alkanes of at least 4 members (excludes halogenated alkanes) is 2. The Balaban J connectivity index is 3.87. The summed E-state index contributed by atoms with van der Waals surface area (Å²) in [5.41, 5.74) is 0. The van der Waals surface area contributed by atoms with Gasteiger partial charge in [0.15, 0.2) is 0 Å². The molecule has 0 heterocycles. The summed E-state index contributed by atoms with van der Waals surface area (Å²) in [7, 11) is 0. The molecule has 1 radical (unpaired) electrons. The normalized spacial score (nSPS) is 11.9. The molecule has 1 N–H and O–H groups in total. The molecule has 0 bridgehead atoms. The van der Waals surface area contributed by atoms with Crippen molar-refractivity contribution in [3.8, 4) is 0 Å². The van der Waals surface area contributed by atoms with Crippen molar-refractivity contribution in [2.45, 2.75) is 46.5 Å². The van der Waals surface area contributed by atoms with Gasteiger partial charge in [-0.3, -0.25) is 9.69 Å². The molecule has 1 unspecified atom stereocenters. The number of imide groups is 1. The van der Waals surface area contributed by atoms with Crippen LogP contribution in [0.1, 0.15) is 46.5 Å². The molecule has 0 aliphatic rings. The van der Waals surface area contributed by atoms with Crippen molar-refractivity contribution < 1.29 is 9.59 Å². The second-order valence-corrected chi connectivity index (χ2v) is 4.15. The third-order valence-corrected chi connectivity index (χ3v) is 2.60. The maximum Gasteiger partial charge on any atom is 0.324 e. The van der Waals surface area contributed by atoms with Crippen molar-refractivity contribution in [3.63, 3.8) is 0 Å². The number of nitrogens with zero attached hydrogens (tertiary/aromatic N) is 1. The lowest BCUT2D eigenvalue weighted by Crippen LogP contribution is -2.41. The predicted molar refractivity (Wildman–Crippen MR) is 64.8 cm³/mol. The van der Waals surface area contributed by atoms with Crippen LogP contribution in [0.2, 0.25) is 0 Å². The van der Waals surface area contributed by atoms with Gasteiger partial charge in [-0.25, -0.2) is 4.79 Å². The van der Waals surface area contributed by atoms with E-state index < -0.39 is 0 Å². The summed E-state index contributed by atoms with van der Waals surface area (Å²) < 4.78 is 0. The first-order chi connectivity index (χ1) is 7.65. The fourth-order valence-corrected chi connectivity index (χ4v) is 1.27. The molecule has 4 nitrogen and oxygen atoms in total. The van der Waals surface area contributed by atoms with Crippen molar-refractivity contribution in [1.29, 1.82) is 0 Å². The van der Waals surface area contributed by atoms with E-state index >= 15 is 0 Å². The van der Waals surface area contributed by atoms with Crippen LogP contribution < -0.4 is 5.32 Å². The summed E-state index contributed by atoms with van der Waals surface area (Å²) in [5, 5.41) is 2.72. The fourth-order valence-electron chi connectivity index (χ4n) is 1.27. The molecule has 0 saturated carbocycles. The molecule has 0 spiro atoms. The van der Waals surface area contributed by atoms with Gasteiger partial charge in [0.05, 0.1) is 0 Å². The van der Waals surface area contributed by atoms with Gasteiger partial charge >= 0.3 is 12.4 Å². The number of nitrogens with one attached hydrogen (secondary N) is 1. The summed E-state index contributed by atoms with van der Waals surface area (Å²) in [6.45, 7) is 7.22. The van der Waals surface area contributed by atoms with E-state index in [1.807, 2.05) is 13.8 Å². The van der Waals surface area contributed by atoms with Crippen LogP contribution in [0.3, 0.4) is 0 Å². The molecule has 0 aliphatic carbocycles. The first-order valence-corrected chi connectivity index (χ1v) is 6.08. The largest absolute Gasteiger partial charge is 0.338 e. The average molecular weight is 227 g/mol. The second kappa shape index (κ2) is 9.19. The minimum atomic E-state index is -0.327. The van der Waals surface area contributed by atoms with E-state index in [1.165, 1.54) is 0 Å². The molecule has 0 aromatic rings. The second-order valence-electron chi connectivity index (χ2n) is 4.15. The van der Waals surface area contributed by atoms with Crippen LogP contribution in [0.4, 0.5) is 4.79 Å². The SMILES string of the molecule is CCCCCNC(=O)N([C]=O)CC(C)CC. The van der Waals surface area contributed by atoms with E-state index in [9.17, 15) is 9.59 Å². The van der Waals surface area contributed by atoms with E-state index in [0.717, 1.165) is 30.6 Å². The smallest absolute Gasteiger partial charge is 0.324 e. The number of rotatable bonds is 8. The van der Waals surface area contributed by atoms with Gasteiger partial charge in [-0.1, -0.05) is 40.0 Å². The van der Waals surface area contributed by atoms with Gasteiger partial charge in [-0.2, -0.15) is 0 Å². The Bertz CT molecular complexity index is 207. The van der Waals surface area contributed by atoms with Crippen LogP contribution in [-0.2, 0) is 4.79 Å². The van der Waals surface area contributed by atoms with Crippen molar-refractivity contribution in [2.24, 2.45) is 5.92 Å². The van der Waals surface area contributed by atoms with Crippen LogP contribution >= 0.6 is 0 Å². The molecule has 16 heavy (non-hydrogen) atoms. The Morgan fingerprint density at radius 2 is 2.06 bits per heavy atom. The van der Waals surface area contributed by atoms with Crippen LogP contribution in [-0.4, -0.2) is 30.4 Å². The summed E-state index contributed by atoms with van der Waals surface area (Å²) in [5.74, 6) is 0.322. The van der Waals surface area contributed by atoms with Gasteiger partial charge in [0.25, 0.3) is 0 Å². The number of amides is 3. The highest BCUT2D eigenvalue weighted by Crippen LogP contribution is 2.03. The summed E-state index contributed by atoms with van der Waals surface area (Å²) in [4.78, 5) is 23.3. The minimum absolute atomic E-state index is 0.322. The fraction of sp³-hybridized carbons (Fsp3) is 0.833. The zero-order valence-electron chi connectivity index (χ0n) is 10.6. The number of hydrogen-bond acceptors (Lipinski definition) is 2. The topological polar surface area (TPSA) is 49.4 Å². The van der Waals surface area contributed by atoms with Gasteiger partial charge in [-0.15, -0.1) is 0 Å². The third-order valence-electron chi connectivity index (χ3n) is 2.60. The van der Waals surface area contributed by atoms with Crippen molar-refractivity contribution in [1.82, 2.24) is 10.2 Å². The molecule has 0 saturated heterocycles. The molecule has 0 aliphatic heterocycles. The molecular formula is C12H23N2O2. The van der Waals surface area contributed by atoms with Gasteiger partial charge in [0, 0.05) is 13.1 Å². The highest BCUT2D eigenvalue weighted by atomic mass is 16.2. The lowest BCUT2D eigenvalue weighted by atomic mass is 10.1. The average Bonchev–Trinajstić information content (AvgIpc) is 2.30. The number of urea groups is 1. The van der Waals surface area contributed by atoms with Gasteiger partial charge in [0.2, 0.25) is 0 Å². The van der Waals surface area contributed by atoms with Crippen molar-refractivity contribution in [2.75, 3.05) is 13.1 Å². The van der Waals surface area contributed by atoms with Gasteiger partial charge < -0.3 is 5.32 Å². The Labute approximate surface area is 98.4 Å². The number of carbonyl (C=O) groups excluding carboxylic acids is 2. The van der Waals surface area contributed by atoms with E-state index in [2.05, 4.69) is 12.2 Å². The highest BCUT2D eigenvalue weighted by Gasteiger charge is 2.15. The Morgan fingerprint density at radius 3 is 2.56 bits per heavy atom. The number of carbonyl (C=O) groups is 1. The van der Waals surface area contributed by atoms with Crippen molar-refractivity contribution >= 4 is 12.4 Å². The van der Waals surface area contributed by atoms with E-state index in [4.69, 9.17) is 0 Å². The standard InChI is InChI=1S/C12H23N2O2/c1-4-6-7-8-13-12(16)14(10-15)9-11(3)5-2/h11H,4-9H2,1-3H3,(H,13,16). The van der Waals surface area contributed by atoms with E-state index in [1.54, 1.807) is 6.41 Å². The summed E-state index contributed by atoms with van der Waals surface area (Å²) >= 11 is 0. The number of hydrogen-bond donors (Lipinski definition) is 1. The van der Waals surface area contributed by atoms with E-state index in [-0.39, 0.29) is 6.03 Å². The molecule has 0 rings (SSSR count). The maximum atomic E-state index is 11.5. The molecule has 4 heteroatoms. The minimum Gasteiger partial charge on any atom is -0.338 e. The van der Waals surface area contributed by atoms with Gasteiger partial charge in [-0.05, 0) is 12.3 Å². The van der Waals surface area contributed by atoms with Crippen LogP contribution in [0.25, 0.3) is 0 Å². The molecule has 1 atom stereocenters. The highest BCUT2D eigenvalue weighted by molar-refractivity contribution is 5.84. The first kappa shape index (κ1) is 14.9. The molecule has 0 aromatic carbocycles. The zero-order chi connectivity index (χ0) is 12.4. The van der Waals surface area contributed by atoms with Gasteiger partial charge in [0.1, 0.15) is 0 Å². The Hall–Kier alpha value is -1.06. The lowest BCUT2D eigenvalue weighted by Gasteiger charge is -2.18. The van der Waals surface area contributed by atoms with E-state index in [0.29, 0.717) is 19.0 Å². The van der Waals surface area contributed by atoms with Crippen LogP contribution in [0.15, 0.2) is 0 Å². The molecular weight excluding hydrogens is 204 g/mol. The Morgan fingerprint density at radius 1 is 1.38 bits per heavy atom. The van der Waals surface area contributed by atoms with Crippen molar-refractivity contribution in [3.05, 3.63) is 0 Å². The van der Waals surface area contributed by atoms with Crippen LogP contribution in [0.5, 0.6) is 0 Å². The van der Waals surface area contributed by atoms with Crippen LogP contribution in [0, 0.1) is 5.92 Å². The zero-order valence-corrected chi connectivity index (χ0v) is 10.6. The lowest BCUT2D eigenvalue weighted by molar-refractivity contribution is 0.213. The molecule has 0 fully saturated rings. The third kappa shape index (κ3) is 6.43. The first-order valence-electron chi connectivity index (χ1n) is 6.08.